The van der Waals surface area contributed by atoms with E-state index >= 15 is 0 Å². The molecule has 0 radical (unpaired) electrons. The van der Waals surface area contributed by atoms with E-state index in [-0.39, 0.29) is 0 Å². The number of aryl methyl sites for hydroxylation is 6. The minimum Gasteiger partial charge on any atom is -0.342 e. The molecule has 0 aromatic carbocycles. The highest BCUT2D eigenvalue weighted by molar-refractivity contribution is 6.36. The number of hydrogen-bond donors (Lipinski definition) is 1. The first-order valence-electron chi connectivity index (χ1n) is 13.7. The molecule has 3 heterocycles. The largest absolute Gasteiger partial charge is 0.342 e. The third-order valence-corrected chi connectivity index (χ3v) is 7.13. The highest BCUT2D eigenvalue weighted by Crippen LogP contribution is 2.28. The number of nitrogens with one attached hydrogen (secondary N) is 1. The lowest BCUT2D eigenvalue weighted by Crippen LogP contribution is -2.11. The normalized spacial score (nSPS) is 10.2. The molecule has 4 nitrogen and oxygen atoms in total. The Balaban J connectivity index is 0.000000503. The lowest BCUT2D eigenvalue weighted by atomic mass is 9.84. The fourth-order valence-corrected chi connectivity index (χ4v) is 4.76. The number of hydrogen-bond acceptors (Lipinski definition) is 3. The van der Waals surface area contributed by atoms with Crippen LogP contribution in [0.15, 0.2) is 37.6 Å². The molecule has 0 fully saturated rings. The molecule has 1 N–H and O–H groups in total. The van der Waals surface area contributed by atoms with Crippen molar-refractivity contribution in [1.29, 1.82) is 0 Å². The van der Waals surface area contributed by atoms with Crippen molar-refractivity contribution in [2.45, 2.75) is 101 Å². The van der Waals surface area contributed by atoms with Crippen molar-refractivity contribution in [3.8, 4) is 0 Å². The van der Waals surface area contributed by atoms with Gasteiger partial charge in [-0.1, -0.05) is 103 Å². The van der Waals surface area contributed by atoms with Crippen LogP contribution in [0.4, 0.5) is 0 Å². The molecular formula is C32H51ClN4. The van der Waals surface area contributed by atoms with E-state index in [2.05, 4.69) is 87.6 Å². The smallest absolute Gasteiger partial charge is 0.143 e. The molecule has 0 amide bonds. The van der Waals surface area contributed by atoms with Crippen molar-refractivity contribution in [2.75, 3.05) is 0 Å². The summed E-state index contributed by atoms with van der Waals surface area (Å²) in [6.45, 7) is 28.0. The molecule has 206 valence electrons. The summed E-state index contributed by atoms with van der Waals surface area (Å²) in [5.74, 6) is 2.74. The van der Waals surface area contributed by atoms with Crippen LogP contribution in [0.1, 0.15) is 94.3 Å². The number of fused-ring (bicyclic) bond motifs is 1. The van der Waals surface area contributed by atoms with Crippen LogP contribution in [0, 0.1) is 46.5 Å². The van der Waals surface area contributed by atoms with E-state index in [1.54, 1.807) is 12.2 Å². The first-order chi connectivity index (χ1) is 17.5. The van der Waals surface area contributed by atoms with Gasteiger partial charge >= 0.3 is 0 Å². The van der Waals surface area contributed by atoms with E-state index in [0.29, 0.717) is 0 Å². The number of nitrogens with zero attached hydrogens (tertiary/aromatic N) is 3. The fourth-order valence-electron chi connectivity index (χ4n) is 4.35. The van der Waals surface area contributed by atoms with Gasteiger partial charge in [0.2, 0.25) is 0 Å². The van der Waals surface area contributed by atoms with E-state index in [1.807, 2.05) is 27.0 Å². The summed E-state index contributed by atoms with van der Waals surface area (Å²) in [6, 6.07) is 2.14. The summed E-state index contributed by atoms with van der Waals surface area (Å²) < 4.78 is 0. The highest BCUT2D eigenvalue weighted by atomic mass is 35.5. The number of rotatable bonds is 7. The van der Waals surface area contributed by atoms with Gasteiger partial charge in [-0.2, -0.15) is 0 Å². The second-order valence-electron chi connectivity index (χ2n) is 9.39. The van der Waals surface area contributed by atoms with Gasteiger partial charge in [0.25, 0.3) is 0 Å². The van der Waals surface area contributed by atoms with E-state index in [4.69, 9.17) is 11.6 Å². The van der Waals surface area contributed by atoms with Gasteiger partial charge in [0.15, 0.2) is 0 Å². The molecule has 0 saturated carbocycles. The lowest BCUT2D eigenvalue weighted by molar-refractivity contribution is 0.295. The van der Waals surface area contributed by atoms with Crippen LogP contribution >= 0.6 is 11.6 Å². The SMILES string of the molecule is C=CC=C.CCC(CC)C(CC)CC.CCc1[nH]c2nc(C)nc(C)c2c1Cl.Cc1cnc(C)c(C)c1. The van der Waals surface area contributed by atoms with Crippen LogP contribution in [0.2, 0.25) is 5.02 Å². The van der Waals surface area contributed by atoms with Crippen molar-refractivity contribution < 1.29 is 0 Å². The van der Waals surface area contributed by atoms with Crippen LogP contribution in [0.25, 0.3) is 11.0 Å². The highest BCUT2D eigenvalue weighted by Gasteiger charge is 2.14. The minimum absolute atomic E-state index is 0.764. The quantitative estimate of drug-likeness (QED) is 0.311. The molecule has 0 aliphatic carbocycles. The molecule has 3 aromatic rings. The van der Waals surface area contributed by atoms with E-state index in [1.165, 1.54) is 36.8 Å². The Labute approximate surface area is 232 Å². The zero-order valence-electron chi connectivity index (χ0n) is 25.1. The third-order valence-electron chi connectivity index (χ3n) is 6.72. The van der Waals surface area contributed by atoms with E-state index < -0.39 is 0 Å². The van der Waals surface area contributed by atoms with Crippen LogP contribution in [-0.2, 0) is 6.42 Å². The van der Waals surface area contributed by atoms with Gasteiger partial charge in [0.05, 0.1) is 16.1 Å². The number of halogens is 1. The summed E-state index contributed by atoms with van der Waals surface area (Å²) in [6.07, 6.45) is 11.5. The standard InChI is InChI=1S/C10H12ClN3.C10H22.C8H11N.C4H6/c1-4-7-9(11)8-5(2)12-6(3)13-10(8)14-7;1-5-9(6-2)10(7-3)8-4;1-6-4-7(2)8(3)9-5-6;1-3-4-2/h4H2,1-3H3,(H,12,13,14);9-10H,5-8H2,1-4H3;4-5H,1-3H3;3-4H,1-2H2. The molecule has 0 unspecified atom stereocenters. The Hall–Kier alpha value is -2.46. The average Bonchev–Trinajstić information content (AvgIpc) is 3.21. The molecule has 37 heavy (non-hydrogen) atoms. The first-order valence-corrected chi connectivity index (χ1v) is 14.1. The van der Waals surface area contributed by atoms with Crippen LogP contribution < -0.4 is 0 Å². The van der Waals surface area contributed by atoms with E-state index in [0.717, 1.165) is 57.2 Å². The second kappa shape index (κ2) is 18.7. The number of allylic oxidation sites excluding steroid dienone is 2. The number of aromatic nitrogens is 4. The summed E-state index contributed by atoms with van der Waals surface area (Å²) in [5, 5.41) is 1.72. The Morgan fingerprint density at radius 1 is 0.838 bits per heavy atom. The molecule has 3 aromatic heterocycles. The molecular weight excluding hydrogens is 476 g/mol. The second-order valence-corrected chi connectivity index (χ2v) is 9.77. The number of aromatic amines is 1. The molecule has 0 aliphatic heterocycles. The van der Waals surface area contributed by atoms with E-state index in [9.17, 15) is 0 Å². The summed E-state index contributed by atoms with van der Waals surface area (Å²) in [4.78, 5) is 16.0. The van der Waals surface area contributed by atoms with Gasteiger partial charge in [0, 0.05) is 17.6 Å². The maximum Gasteiger partial charge on any atom is 0.143 e. The van der Waals surface area contributed by atoms with Crippen LogP contribution in [0.3, 0.4) is 0 Å². The van der Waals surface area contributed by atoms with Crippen LogP contribution in [0.5, 0.6) is 0 Å². The van der Waals surface area contributed by atoms with Crippen LogP contribution in [-0.4, -0.2) is 19.9 Å². The van der Waals surface area contributed by atoms with Crippen molar-refractivity contribution in [1.82, 2.24) is 19.9 Å². The Kier molecular flexibility index (Phi) is 17.5. The summed E-state index contributed by atoms with van der Waals surface area (Å²) >= 11 is 6.20. The molecule has 0 bridgehead atoms. The maximum absolute atomic E-state index is 6.20. The first kappa shape index (κ1) is 34.5. The molecule has 0 atom stereocenters. The van der Waals surface area contributed by atoms with Crippen molar-refractivity contribution in [3.63, 3.8) is 0 Å². The average molecular weight is 527 g/mol. The van der Waals surface area contributed by atoms with Gasteiger partial charge in [-0.15, -0.1) is 0 Å². The molecule has 3 rings (SSSR count). The predicted octanol–water partition coefficient (Wildman–Crippen LogP) is 10.0. The zero-order chi connectivity index (χ0) is 28.5. The topological polar surface area (TPSA) is 54.5 Å². The zero-order valence-corrected chi connectivity index (χ0v) is 25.9. The van der Waals surface area contributed by atoms with Gasteiger partial charge in [-0.25, -0.2) is 9.97 Å². The van der Waals surface area contributed by atoms with Gasteiger partial charge in [-0.05, 0) is 64.0 Å². The van der Waals surface area contributed by atoms with Gasteiger partial charge in [-0.3, -0.25) is 4.98 Å². The van der Waals surface area contributed by atoms with Crippen molar-refractivity contribution >= 4 is 22.6 Å². The van der Waals surface area contributed by atoms with Gasteiger partial charge in [0.1, 0.15) is 11.5 Å². The molecule has 0 saturated heterocycles. The maximum atomic E-state index is 6.20. The van der Waals surface area contributed by atoms with Gasteiger partial charge < -0.3 is 4.98 Å². The molecule has 0 spiro atoms. The molecule has 5 heteroatoms. The lowest BCUT2D eigenvalue weighted by Gasteiger charge is -2.22. The minimum atomic E-state index is 0.764. The number of pyridine rings is 1. The summed E-state index contributed by atoms with van der Waals surface area (Å²) in [5.41, 5.74) is 6.45. The summed E-state index contributed by atoms with van der Waals surface area (Å²) in [7, 11) is 0. The Morgan fingerprint density at radius 2 is 1.35 bits per heavy atom. The number of H-pyrrole nitrogens is 1. The van der Waals surface area contributed by atoms with Crippen molar-refractivity contribution in [2.24, 2.45) is 11.8 Å². The predicted molar refractivity (Wildman–Crippen MR) is 165 cm³/mol. The Bertz CT molecular complexity index is 1060. The van der Waals surface area contributed by atoms with Crippen molar-refractivity contribution in [3.05, 3.63) is 76.6 Å². The molecule has 0 aliphatic rings. The fraction of sp³-hybridized carbons (Fsp3) is 0.531. The third kappa shape index (κ3) is 11.6. The Morgan fingerprint density at radius 3 is 1.73 bits per heavy atom. The monoisotopic (exact) mass is 526 g/mol.